The van der Waals surface area contributed by atoms with Gasteiger partial charge in [0.15, 0.2) is 0 Å². The van der Waals surface area contributed by atoms with Crippen LogP contribution in [0, 0.1) is 12.3 Å². The zero-order chi connectivity index (χ0) is 16.0. The Bertz CT molecular complexity index is 510. The lowest BCUT2D eigenvalue weighted by molar-refractivity contribution is -0.132. The van der Waals surface area contributed by atoms with Crippen LogP contribution in [-0.2, 0) is 17.8 Å². The highest BCUT2D eigenvalue weighted by molar-refractivity contribution is 5.87. The van der Waals surface area contributed by atoms with Crippen LogP contribution in [-0.4, -0.2) is 27.2 Å². The molecule has 0 aromatic carbocycles. The largest absolute Gasteiger partial charge is 0.478 e. The predicted molar refractivity (Wildman–Crippen MR) is 84.1 cm³/mol. The number of carbonyl (C=O) groups is 1. The SMILES string of the molecule is Cc1c(C/C(=C/CCN)C(=O)O)ncn1CCC(C)(C)C. The molecule has 3 N–H and O–H groups in total. The van der Waals surface area contributed by atoms with Crippen molar-refractivity contribution in [3.8, 4) is 0 Å². The number of hydrogen-bond acceptors (Lipinski definition) is 3. The molecule has 0 amide bonds. The number of aryl methyl sites for hydroxylation is 1. The van der Waals surface area contributed by atoms with E-state index in [4.69, 9.17) is 5.73 Å². The molecule has 0 saturated heterocycles. The minimum atomic E-state index is -0.896. The smallest absolute Gasteiger partial charge is 0.331 e. The van der Waals surface area contributed by atoms with E-state index in [2.05, 4.69) is 30.3 Å². The fourth-order valence-corrected chi connectivity index (χ4v) is 2.01. The van der Waals surface area contributed by atoms with E-state index in [9.17, 15) is 9.90 Å². The third-order valence-corrected chi connectivity index (χ3v) is 3.49. The van der Waals surface area contributed by atoms with Crippen molar-refractivity contribution in [1.82, 2.24) is 9.55 Å². The first-order chi connectivity index (χ1) is 9.74. The molecule has 0 atom stereocenters. The van der Waals surface area contributed by atoms with Crippen molar-refractivity contribution in [2.75, 3.05) is 6.54 Å². The van der Waals surface area contributed by atoms with Crippen molar-refractivity contribution in [2.45, 2.75) is 53.5 Å². The lowest BCUT2D eigenvalue weighted by Gasteiger charge is -2.18. The van der Waals surface area contributed by atoms with Crippen LogP contribution in [0.5, 0.6) is 0 Å². The molecule has 0 saturated carbocycles. The molecule has 0 spiro atoms. The van der Waals surface area contributed by atoms with Crippen LogP contribution in [0.3, 0.4) is 0 Å². The van der Waals surface area contributed by atoms with E-state index in [0.29, 0.717) is 25.0 Å². The monoisotopic (exact) mass is 293 g/mol. The average molecular weight is 293 g/mol. The zero-order valence-corrected chi connectivity index (χ0v) is 13.5. The summed E-state index contributed by atoms with van der Waals surface area (Å²) in [5.41, 5.74) is 7.93. The molecule has 1 aromatic rings. The molecule has 21 heavy (non-hydrogen) atoms. The fraction of sp³-hybridized carbons (Fsp3) is 0.625. The van der Waals surface area contributed by atoms with E-state index in [1.807, 2.05) is 6.92 Å². The Balaban J connectivity index is 2.81. The van der Waals surface area contributed by atoms with Crippen molar-refractivity contribution in [1.29, 1.82) is 0 Å². The van der Waals surface area contributed by atoms with E-state index in [1.165, 1.54) is 0 Å². The highest BCUT2D eigenvalue weighted by Crippen LogP contribution is 2.21. The summed E-state index contributed by atoms with van der Waals surface area (Å²) < 4.78 is 2.10. The number of nitrogens with zero attached hydrogens (tertiary/aromatic N) is 2. The first-order valence-electron chi connectivity index (χ1n) is 7.37. The average Bonchev–Trinajstić information content (AvgIpc) is 2.72. The highest BCUT2D eigenvalue weighted by atomic mass is 16.4. The number of aliphatic carboxylic acids is 1. The Morgan fingerprint density at radius 1 is 1.48 bits per heavy atom. The van der Waals surface area contributed by atoms with Gasteiger partial charge in [-0.2, -0.15) is 0 Å². The molecule has 0 radical (unpaired) electrons. The molecule has 5 nitrogen and oxygen atoms in total. The molecular formula is C16H27N3O2. The quantitative estimate of drug-likeness (QED) is 0.757. The first kappa shape index (κ1) is 17.4. The van der Waals surface area contributed by atoms with Crippen molar-refractivity contribution in [3.63, 3.8) is 0 Å². The van der Waals surface area contributed by atoms with Crippen molar-refractivity contribution in [2.24, 2.45) is 11.1 Å². The predicted octanol–water partition coefficient (Wildman–Crippen LogP) is 2.53. The molecule has 0 unspecified atom stereocenters. The van der Waals surface area contributed by atoms with E-state index < -0.39 is 5.97 Å². The molecule has 0 fully saturated rings. The normalized spacial score (nSPS) is 12.7. The lowest BCUT2D eigenvalue weighted by Crippen LogP contribution is -2.11. The van der Waals surface area contributed by atoms with Gasteiger partial charge >= 0.3 is 5.97 Å². The van der Waals surface area contributed by atoms with Gasteiger partial charge in [0.05, 0.1) is 12.0 Å². The van der Waals surface area contributed by atoms with Crippen LogP contribution in [0.15, 0.2) is 18.0 Å². The van der Waals surface area contributed by atoms with E-state index in [0.717, 1.165) is 24.4 Å². The summed E-state index contributed by atoms with van der Waals surface area (Å²) in [5, 5.41) is 9.23. The molecule has 0 bridgehead atoms. The number of aromatic nitrogens is 2. The number of imidazole rings is 1. The summed E-state index contributed by atoms with van der Waals surface area (Å²) in [4.78, 5) is 15.6. The molecular weight excluding hydrogens is 266 g/mol. The van der Waals surface area contributed by atoms with Gasteiger partial charge in [0.25, 0.3) is 0 Å². The second kappa shape index (κ2) is 7.41. The van der Waals surface area contributed by atoms with E-state index >= 15 is 0 Å². The zero-order valence-electron chi connectivity index (χ0n) is 13.5. The second-order valence-electron chi connectivity index (χ2n) is 6.57. The van der Waals surface area contributed by atoms with Crippen LogP contribution in [0.2, 0.25) is 0 Å². The number of carboxylic acid groups (broad SMARTS) is 1. The molecule has 1 aromatic heterocycles. The lowest BCUT2D eigenvalue weighted by atomic mass is 9.92. The third kappa shape index (κ3) is 5.71. The molecule has 0 aliphatic carbocycles. The van der Waals surface area contributed by atoms with Crippen LogP contribution >= 0.6 is 0 Å². The van der Waals surface area contributed by atoms with E-state index in [-0.39, 0.29) is 5.41 Å². The standard InChI is InChI=1S/C16H27N3O2/c1-12-14(10-13(15(20)21)6-5-8-17)18-11-19(12)9-7-16(2,3)4/h6,11H,5,7-10,17H2,1-4H3,(H,20,21)/b13-6-. The maximum atomic E-state index is 11.2. The summed E-state index contributed by atoms with van der Waals surface area (Å²) in [6, 6.07) is 0. The highest BCUT2D eigenvalue weighted by Gasteiger charge is 2.15. The van der Waals surface area contributed by atoms with Gasteiger partial charge in [-0.15, -0.1) is 0 Å². The molecule has 1 heterocycles. The Morgan fingerprint density at radius 2 is 2.14 bits per heavy atom. The van der Waals surface area contributed by atoms with Gasteiger partial charge in [0, 0.05) is 24.2 Å². The molecule has 0 aliphatic rings. The maximum Gasteiger partial charge on any atom is 0.331 e. The number of rotatable bonds is 7. The van der Waals surface area contributed by atoms with E-state index in [1.54, 1.807) is 12.4 Å². The Hall–Kier alpha value is -1.62. The van der Waals surface area contributed by atoms with Crippen molar-refractivity contribution < 1.29 is 9.90 Å². The number of carboxylic acids is 1. The van der Waals surface area contributed by atoms with Crippen molar-refractivity contribution >= 4 is 5.97 Å². The molecule has 5 heteroatoms. The van der Waals surface area contributed by atoms with Gasteiger partial charge in [-0.05, 0) is 31.7 Å². The topological polar surface area (TPSA) is 81.1 Å². The first-order valence-corrected chi connectivity index (χ1v) is 7.37. The van der Waals surface area contributed by atoms with Crippen LogP contribution < -0.4 is 5.73 Å². The fourth-order valence-electron chi connectivity index (χ4n) is 2.01. The van der Waals surface area contributed by atoms with Gasteiger partial charge in [-0.1, -0.05) is 26.8 Å². The van der Waals surface area contributed by atoms with Crippen LogP contribution in [0.25, 0.3) is 0 Å². The van der Waals surface area contributed by atoms with Crippen LogP contribution in [0.4, 0.5) is 0 Å². The number of hydrogen-bond donors (Lipinski definition) is 2. The maximum absolute atomic E-state index is 11.2. The Morgan fingerprint density at radius 3 is 2.67 bits per heavy atom. The van der Waals surface area contributed by atoms with Crippen LogP contribution in [0.1, 0.15) is 45.0 Å². The summed E-state index contributed by atoms with van der Waals surface area (Å²) >= 11 is 0. The summed E-state index contributed by atoms with van der Waals surface area (Å²) in [6.07, 6.45) is 5.47. The summed E-state index contributed by atoms with van der Waals surface area (Å²) in [7, 11) is 0. The number of nitrogens with two attached hydrogens (primary N) is 1. The van der Waals surface area contributed by atoms with Gasteiger partial charge < -0.3 is 15.4 Å². The Labute approximate surface area is 126 Å². The molecule has 0 aliphatic heterocycles. The molecule has 1 rings (SSSR count). The Kier molecular flexibility index (Phi) is 6.15. The summed E-state index contributed by atoms with van der Waals surface area (Å²) in [5.74, 6) is -0.896. The minimum absolute atomic E-state index is 0.268. The van der Waals surface area contributed by atoms with Crippen molar-refractivity contribution in [3.05, 3.63) is 29.4 Å². The second-order valence-corrected chi connectivity index (χ2v) is 6.57. The van der Waals surface area contributed by atoms with Gasteiger partial charge in [0.2, 0.25) is 0 Å². The summed E-state index contributed by atoms with van der Waals surface area (Å²) in [6.45, 7) is 9.97. The molecule has 118 valence electrons. The van der Waals surface area contributed by atoms with Gasteiger partial charge in [-0.25, -0.2) is 9.78 Å². The van der Waals surface area contributed by atoms with Gasteiger partial charge in [-0.3, -0.25) is 0 Å². The minimum Gasteiger partial charge on any atom is -0.478 e. The van der Waals surface area contributed by atoms with Gasteiger partial charge in [0.1, 0.15) is 0 Å². The third-order valence-electron chi connectivity index (χ3n) is 3.49.